The zero-order chi connectivity index (χ0) is 27.2. The van der Waals surface area contributed by atoms with E-state index in [1.54, 1.807) is 4.90 Å². The molecule has 5 rings (SSSR count). The standard InChI is InChI=1S/C32H34N2O5/c35-30(36)17-18-34(20-22-9-2-1-3-10-22)31(37)24-16-8-11-23(24)19-33-32(38)39-21-29-27-14-6-4-12-25(27)26-13-5-7-15-28(26)29/h1-7,9-10,12-15,23-24,29H,8,11,16-21H2,(H,33,38)(H,35,36)/t23-,24-/m1/s1. The fourth-order valence-electron chi connectivity index (χ4n) is 6.01. The number of rotatable bonds is 10. The molecule has 0 unspecified atom stereocenters. The minimum Gasteiger partial charge on any atom is -0.481 e. The number of alkyl carbamates (subject to hydrolysis) is 1. The first-order chi connectivity index (χ1) is 19.0. The number of carbonyl (C=O) groups is 3. The van der Waals surface area contributed by atoms with Crippen LogP contribution in [0.4, 0.5) is 4.79 Å². The third-order valence-corrected chi connectivity index (χ3v) is 7.95. The van der Waals surface area contributed by atoms with Gasteiger partial charge in [0.15, 0.2) is 0 Å². The first kappa shape index (κ1) is 26.5. The molecule has 3 aromatic carbocycles. The van der Waals surface area contributed by atoms with Crippen molar-refractivity contribution in [3.05, 3.63) is 95.6 Å². The van der Waals surface area contributed by atoms with Gasteiger partial charge in [0.25, 0.3) is 0 Å². The van der Waals surface area contributed by atoms with Crippen LogP contribution in [-0.4, -0.2) is 47.7 Å². The van der Waals surface area contributed by atoms with Gasteiger partial charge in [-0.1, -0.05) is 85.3 Å². The van der Waals surface area contributed by atoms with E-state index in [1.165, 1.54) is 11.1 Å². The average molecular weight is 527 g/mol. The van der Waals surface area contributed by atoms with Crippen LogP contribution in [0.1, 0.15) is 48.3 Å². The van der Waals surface area contributed by atoms with E-state index in [0.717, 1.165) is 36.0 Å². The SMILES string of the molecule is O=C(O)CCN(Cc1ccccc1)C(=O)[C@@H]1CCC[C@@H]1CNC(=O)OCC1c2ccccc2-c2ccccc21. The van der Waals surface area contributed by atoms with Gasteiger partial charge in [-0.05, 0) is 46.6 Å². The predicted octanol–water partition coefficient (Wildman–Crippen LogP) is 5.44. The summed E-state index contributed by atoms with van der Waals surface area (Å²) in [6.45, 7) is 1.13. The number of nitrogens with one attached hydrogen (secondary N) is 1. The van der Waals surface area contributed by atoms with Gasteiger partial charge in [-0.2, -0.15) is 0 Å². The van der Waals surface area contributed by atoms with Crippen molar-refractivity contribution in [2.75, 3.05) is 19.7 Å². The first-order valence-electron chi connectivity index (χ1n) is 13.6. The topological polar surface area (TPSA) is 95.9 Å². The van der Waals surface area contributed by atoms with E-state index in [9.17, 15) is 19.5 Å². The lowest BCUT2D eigenvalue weighted by Gasteiger charge is -2.28. The summed E-state index contributed by atoms with van der Waals surface area (Å²) in [5, 5.41) is 12.1. The Morgan fingerprint density at radius 1 is 0.872 bits per heavy atom. The Kier molecular flexibility index (Phi) is 8.25. The van der Waals surface area contributed by atoms with E-state index >= 15 is 0 Å². The van der Waals surface area contributed by atoms with Crippen molar-refractivity contribution in [2.45, 2.75) is 38.1 Å². The van der Waals surface area contributed by atoms with Crippen LogP contribution in [0.25, 0.3) is 11.1 Å². The van der Waals surface area contributed by atoms with E-state index < -0.39 is 12.1 Å². The zero-order valence-electron chi connectivity index (χ0n) is 21.9. The number of carbonyl (C=O) groups excluding carboxylic acids is 2. The molecule has 3 aromatic rings. The average Bonchev–Trinajstić information content (AvgIpc) is 3.56. The van der Waals surface area contributed by atoms with Crippen LogP contribution in [0.5, 0.6) is 0 Å². The van der Waals surface area contributed by atoms with Crippen LogP contribution < -0.4 is 5.32 Å². The van der Waals surface area contributed by atoms with E-state index in [0.29, 0.717) is 13.1 Å². The molecule has 7 nitrogen and oxygen atoms in total. The van der Waals surface area contributed by atoms with Crippen molar-refractivity contribution in [2.24, 2.45) is 11.8 Å². The lowest BCUT2D eigenvalue weighted by atomic mass is 9.94. The molecule has 0 bridgehead atoms. The Balaban J connectivity index is 1.18. The molecule has 7 heteroatoms. The highest BCUT2D eigenvalue weighted by Gasteiger charge is 2.36. The number of carboxylic acid groups (broad SMARTS) is 1. The summed E-state index contributed by atoms with van der Waals surface area (Å²) in [7, 11) is 0. The summed E-state index contributed by atoms with van der Waals surface area (Å²) in [5.74, 6) is -1.25. The molecule has 0 saturated heterocycles. The van der Waals surface area contributed by atoms with E-state index in [4.69, 9.17) is 4.74 Å². The fourth-order valence-corrected chi connectivity index (χ4v) is 6.01. The number of benzene rings is 3. The molecule has 2 amide bonds. The maximum atomic E-state index is 13.5. The molecule has 2 N–H and O–H groups in total. The molecule has 2 aliphatic carbocycles. The second kappa shape index (κ2) is 12.2. The lowest BCUT2D eigenvalue weighted by molar-refractivity contribution is -0.140. The molecular formula is C32H34N2O5. The second-order valence-corrected chi connectivity index (χ2v) is 10.4. The number of amides is 2. The summed E-state index contributed by atoms with van der Waals surface area (Å²) in [6.07, 6.45) is 1.87. The Hall–Kier alpha value is -4.13. The van der Waals surface area contributed by atoms with Gasteiger partial charge in [0, 0.05) is 31.5 Å². The van der Waals surface area contributed by atoms with Crippen LogP contribution >= 0.6 is 0 Å². The number of ether oxygens (including phenoxy) is 1. The van der Waals surface area contributed by atoms with Crippen LogP contribution in [-0.2, 0) is 20.9 Å². The number of carboxylic acids is 1. The molecule has 1 saturated carbocycles. The van der Waals surface area contributed by atoms with Crippen LogP contribution in [0.2, 0.25) is 0 Å². The summed E-state index contributed by atoms with van der Waals surface area (Å²) < 4.78 is 5.68. The molecule has 0 radical (unpaired) electrons. The van der Waals surface area contributed by atoms with Gasteiger partial charge in [-0.15, -0.1) is 0 Å². The summed E-state index contributed by atoms with van der Waals surface area (Å²) >= 11 is 0. The van der Waals surface area contributed by atoms with Gasteiger partial charge in [-0.25, -0.2) is 4.79 Å². The van der Waals surface area contributed by atoms with Gasteiger partial charge in [0.05, 0.1) is 6.42 Å². The smallest absolute Gasteiger partial charge is 0.407 e. The molecule has 39 heavy (non-hydrogen) atoms. The Labute approximate surface area is 228 Å². The van der Waals surface area contributed by atoms with E-state index in [-0.39, 0.29) is 43.2 Å². The van der Waals surface area contributed by atoms with Crippen LogP contribution in [0, 0.1) is 11.8 Å². The lowest BCUT2D eigenvalue weighted by Crippen LogP contribution is -2.41. The van der Waals surface area contributed by atoms with E-state index in [2.05, 4.69) is 29.6 Å². The third-order valence-electron chi connectivity index (χ3n) is 7.95. The third kappa shape index (κ3) is 6.14. The Bertz CT molecular complexity index is 1280. The zero-order valence-corrected chi connectivity index (χ0v) is 21.9. The minimum absolute atomic E-state index is 0.00950. The highest BCUT2D eigenvalue weighted by atomic mass is 16.5. The van der Waals surface area contributed by atoms with E-state index in [1.807, 2.05) is 54.6 Å². The second-order valence-electron chi connectivity index (χ2n) is 10.4. The highest BCUT2D eigenvalue weighted by molar-refractivity contribution is 5.81. The van der Waals surface area contributed by atoms with Gasteiger partial charge < -0.3 is 20.1 Å². The predicted molar refractivity (Wildman–Crippen MR) is 148 cm³/mol. The fraction of sp³-hybridized carbons (Fsp3) is 0.344. The van der Waals surface area contributed by atoms with Crippen molar-refractivity contribution in [3.63, 3.8) is 0 Å². The molecule has 0 heterocycles. The number of nitrogens with zero attached hydrogens (tertiary/aromatic N) is 1. The number of fused-ring (bicyclic) bond motifs is 3. The molecule has 0 aromatic heterocycles. The normalized spacial score (nSPS) is 17.7. The molecule has 0 spiro atoms. The quantitative estimate of drug-likeness (QED) is 0.367. The first-order valence-corrected chi connectivity index (χ1v) is 13.6. The van der Waals surface area contributed by atoms with Crippen molar-refractivity contribution in [1.82, 2.24) is 10.2 Å². The molecule has 2 aliphatic rings. The largest absolute Gasteiger partial charge is 0.481 e. The minimum atomic E-state index is -0.930. The molecule has 2 atom stereocenters. The van der Waals surface area contributed by atoms with Gasteiger partial charge in [0.1, 0.15) is 6.61 Å². The highest BCUT2D eigenvalue weighted by Crippen LogP contribution is 2.44. The van der Waals surface area contributed by atoms with Crippen molar-refractivity contribution >= 4 is 18.0 Å². The summed E-state index contributed by atoms with van der Waals surface area (Å²) in [5.41, 5.74) is 5.64. The van der Waals surface area contributed by atoms with Crippen molar-refractivity contribution in [1.29, 1.82) is 0 Å². The number of hydrogen-bond acceptors (Lipinski definition) is 4. The monoisotopic (exact) mass is 526 g/mol. The van der Waals surface area contributed by atoms with Crippen molar-refractivity contribution < 1.29 is 24.2 Å². The Morgan fingerprint density at radius 3 is 2.18 bits per heavy atom. The maximum Gasteiger partial charge on any atom is 0.407 e. The maximum absolute atomic E-state index is 13.5. The molecule has 1 fully saturated rings. The van der Waals surface area contributed by atoms with Gasteiger partial charge in [0.2, 0.25) is 5.91 Å². The molecular weight excluding hydrogens is 492 g/mol. The van der Waals surface area contributed by atoms with Crippen molar-refractivity contribution in [3.8, 4) is 11.1 Å². The van der Waals surface area contributed by atoms with Crippen LogP contribution in [0.15, 0.2) is 78.9 Å². The Morgan fingerprint density at radius 2 is 1.51 bits per heavy atom. The summed E-state index contributed by atoms with van der Waals surface area (Å²) in [6, 6.07) is 26.0. The number of hydrogen-bond donors (Lipinski definition) is 2. The van der Waals surface area contributed by atoms with Gasteiger partial charge >= 0.3 is 12.1 Å². The van der Waals surface area contributed by atoms with Crippen LogP contribution in [0.3, 0.4) is 0 Å². The number of aliphatic carboxylic acids is 1. The summed E-state index contributed by atoms with van der Waals surface area (Å²) in [4.78, 5) is 39.1. The van der Waals surface area contributed by atoms with Gasteiger partial charge in [-0.3, -0.25) is 9.59 Å². The molecule has 0 aliphatic heterocycles. The molecule has 202 valence electrons.